The Morgan fingerprint density at radius 1 is 1.31 bits per heavy atom. The number of hydrogen-bond donors (Lipinski definition) is 1. The molecule has 1 aromatic rings. The normalized spacial score (nSPS) is 10.6. The molecule has 6 heteroatoms. The Hall–Kier alpha value is -1.04. The van der Waals surface area contributed by atoms with E-state index in [0.717, 1.165) is 6.42 Å². The molecule has 0 bridgehead atoms. The van der Waals surface area contributed by atoms with Crippen molar-refractivity contribution in [2.24, 2.45) is 0 Å². The van der Waals surface area contributed by atoms with E-state index < -0.39 is 0 Å². The van der Waals surface area contributed by atoms with Gasteiger partial charge in [-0.05, 0) is 6.42 Å². The minimum atomic E-state index is 0.393. The molecule has 0 amide bonds. The van der Waals surface area contributed by atoms with Crippen LogP contribution in [0.4, 0.5) is 5.95 Å². The molecule has 0 unspecified atom stereocenters. The predicted octanol–water partition coefficient (Wildman–Crippen LogP) is 2.20. The van der Waals surface area contributed by atoms with Crippen LogP contribution >= 0.6 is 11.8 Å². The van der Waals surface area contributed by atoms with Crippen molar-refractivity contribution in [2.75, 3.05) is 19.0 Å². The Labute approximate surface area is 100 Å². The second-order valence-corrected chi connectivity index (χ2v) is 5.03. The Kier molecular flexibility index (Phi) is 5.31. The largest absolute Gasteiger partial charge is 0.463 e. The lowest BCUT2D eigenvalue weighted by Crippen LogP contribution is -2.06. The molecule has 0 aliphatic carbocycles. The first-order valence-electron chi connectivity index (χ1n) is 5.39. The molecule has 1 rings (SSSR count). The molecule has 0 radical (unpaired) electrons. The van der Waals surface area contributed by atoms with Crippen LogP contribution in [0.5, 0.6) is 6.01 Å². The highest BCUT2D eigenvalue weighted by Crippen LogP contribution is 2.21. The molecule has 0 atom stereocenters. The molecule has 1 heterocycles. The molecule has 1 aromatic heterocycles. The van der Waals surface area contributed by atoms with Gasteiger partial charge in [0, 0.05) is 12.3 Å². The number of nitrogens with one attached hydrogen (secondary N) is 1. The second kappa shape index (κ2) is 6.52. The van der Waals surface area contributed by atoms with E-state index in [2.05, 4.69) is 34.1 Å². The first kappa shape index (κ1) is 13.0. The third-order valence-corrected chi connectivity index (χ3v) is 2.46. The van der Waals surface area contributed by atoms with Crippen LogP contribution < -0.4 is 10.1 Å². The van der Waals surface area contributed by atoms with Gasteiger partial charge in [0.05, 0.1) is 6.61 Å². The van der Waals surface area contributed by atoms with E-state index in [-0.39, 0.29) is 0 Å². The van der Waals surface area contributed by atoms with E-state index in [1.54, 1.807) is 18.8 Å². The first-order chi connectivity index (χ1) is 7.65. The van der Waals surface area contributed by atoms with Crippen LogP contribution in [0.2, 0.25) is 0 Å². The monoisotopic (exact) mass is 242 g/mol. The molecule has 16 heavy (non-hydrogen) atoms. The summed E-state index contributed by atoms with van der Waals surface area (Å²) in [6, 6.07) is 0.393. The van der Waals surface area contributed by atoms with Crippen LogP contribution in [0.1, 0.15) is 27.2 Å². The van der Waals surface area contributed by atoms with Crippen LogP contribution in [0.15, 0.2) is 5.16 Å². The summed E-state index contributed by atoms with van der Waals surface area (Å²) in [6.45, 7) is 6.86. The lowest BCUT2D eigenvalue weighted by molar-refractivity contribution is 0.288. The number of ether oxygens (including phenoxy) is 1. The minimum absolute atomic E-state index is 0.393. The van der Waals surface area contributed by atoms with E-state index in [1.807, 2.05) is 6.92 Å². The third kappa shape index (κ3) is 4.22. The standard InChI is InChI=1S/C10H18N4OS/c1-5-6-15-9-12-8(11-4)13-10(14-9)16-7(2)3/h7H,5-6H2,1-4H3,(H,11,12,13,14). The van der Waals surface area contributed by atoms with Crippen LogP contribution in [0.3, 0.4) is 0 Å². The van der Waals surface area contributed by atoms with Gasteiger partial charge in [-0.3, -0.25) is 0 Å². The average Bonchev–Trinajstić information content (AvgIpc) is 2.25. The van der Waals surface area contributed by atoms with Crippen molar-refractivity contribution < 1.29 is 4.74 Å². The summed E-state index contributed by atoms with van der Waals surface area (Å²) in [5, 5.41) is 4.03. The van der Waals surface area contributed by atoms with Crippen molar-refractivity contribution >= 4 is 17.7 Å². The van der Waals surface area contributed by atoms with Gasteiger partial charge in [0.2, 0.25) is 5.95 Å². The first-order valence-corrected chi connectivity index (χ1v) is 6.27. The maximum Gasteiger partial charge on any atom is 0.322 e. The zero-order valence-corrected chi connectivity index (χ0v) is 11.0. The van der Waals surface area contributed by atoms with E-state index in [9.17, 15) is 0 Å². The van der Waals surface area contributed by atoms with E-state index in [1.165, 1.54) is 0 Å². The maximum atomic E-state index is 5.40. The summed E-state index contributed by atoms with van der Waals surface area (Å²) in [4.78, 5) is 12.6. The zero-order chi connectivity index (χ0) is 12.0. The molecule has 0 spiro atoms. The highest BCUT2D eigenvalue weighted by atomic mass is 32.2. The predicted molar refractivity (Wildman–Crippen MR) is 66.2 cm³/mol. The minimum Gasteiger partial charge on any atom is -0.463 e. The molecule has 5 nitrogen and oxygen atoms in total. The van der Waals surface area contributed by atoms with E-state index >= 15 is 0 Å². The molecular formula is C10H18N4OS. The molecular weight excluding hydrogens is 224 g/mol. The highest BCUT2D eigenvalue weighted by molar-refractivity contribution is 7.99. The highest BCUT2D eigenvalue weighted by Gasteiger charge is 2.08. The third-order valence-electron chi connectivity index (χ3n) is 1.59. The molecule has 0 fully saturated rings. The van der Waals surface area contributed by atoms with E-state index in [4.69, 9.17) is 4.74 Å². The molecule has 0 aliphatic rings. The Balaban J connectivity index is 2.82. The van der Waals surface area contributed by atoms with E-state index in [0.29, 0.717) is 29.0 Å². The molecule has 90 valence electrons. The van der Waals surface area contributed by atoms with Crippen molar-refractivity contribution in [1.82, 2.24) is 15.0 Å². The number of aromatic nitrogens is 3. The van der Waals surface area contributed by atoms with Crippen molar-refractivity contribution in [1.29, 1.82) is 0 Å². The SMILES string of the molecule is CCCOc1nc(NC)nc(SC(C)C)n1. The quantitative estimate of drug-likeness (QED) is 0.772. The van der Waals surface area contributed by atoms with Crippen molar-refractivity contribution in [3.63, 3.8) is 0 Å². The molecule has 1 N–H and O–H groups in total. The Morgan fingerprint density at radius 2 is 2.06 bits per heavy atom. The number of thioether (sulfide) groups is 1. The van der Waals surface area contributed by atoms with Gasteiger partial charge in [0.25, 0.3) is 0 Å². The summed E-state index contributed by atoms with van der Waals surface area (Å²) >= 11 is 1.59. The van der Waals surface area contributed by atoms with Gasteiger partial charge in [-0.1, -0.05) is 32.5 Å². The van der Waals surface area contributed by atoms with Crippen LogP contribution in [0, 0.1) is 0 Å². The lowest BCUT2D eigenvalue weighted by atomic mass is 10.5. The summed E-state index contributed by atoms with van der Waals surface area (Å²) in [6.07, 6.45) is 0.938. The summed E-state index contributed by atoms with van der Waals surface area (Å²) < 4.78 is 5.40. The van der Waals surface area contributed by atoms with Crippen molar-refractivity contribution in [3.05, 3.63) is 0 Å². The fraction of sp³-hybridized carbons (Fsp3) is 0.700. The molecule has 0 saturated heterocycles. The van der Waals surface area contributed by atoms with Gasteiger partial charge in [0.1, 0.15) is 0 Å². The van der Waals surface area contributed by atoms with Crippen molar-refractivity contribution in [2.45, 2.75) is 37.6 Å². The van der Waals surface area contributed by atoms with Crippen LogP contribution in [0.25, 0.3) is 0 Å². The fourth-order valence-electron chi connectivity index (χ4n) is 0.971. The van der Waals surface area contributed by atoms with Gasteiger partial charge in [-0.2, -0.15) is 15.0 Å². The number of rotatable bonds is 6. The number of anilines is 1. The number of hydrogen-bond acceptors (Lipinski definition) is 6. The average molecular weight is 242 g/mol. The maximum absolute atomic E-state index is 5.40. The second-order valence-electron chi connectivity index (χ2n) is 3.49. The van der Waals surface area contributed by atoms with Crippen LogP contribution in [-0.2, 0) is 0 Å². The van der Waals surface area contributed by atoms with Crippen LogP contribution in [-0.4, -0.2) is 33.9 Å². The van der Waals surface area contributed by atoms with Gasteiger partial charge in [-0.15, -0.1) is 0 Å². The molecule has 0 saturated carbocycles. The smallest absolute Gasteiger partial charge is 0.322 e. The van der Waals surface area contributed by atoms with Gasteiger partial charge < -0.3 is 10.1 Å². The molecule has 0 aromatic carbocycles. The van der Waals surface area contributed by atoms with Crippen molar-refractivity contribution in [3.8, 4) is 6.01 Å². The fourth-order valence-corrected chi connectivity index (χ4v) is 1.66. The van der Waals surface area contributed by atoms with Gasteiger partial charge >= 0.3 is 6.01 Å². The summed E-state index contributed by atoms with van der Waals surface area (Å²) in [5.41, 5.74) is 0. The summed E-state index contributed by atoms with van der Waals surface area (Å²) in [5.74, 6) is 0.546. The van der Waals surface area contributed by atoms with Gasteiger partial charge in [-0.25, -0.2) is 0 Å². The zero-order valence-electron chi connectivity index (χ0n) is 10.1. The Bertz CT molecular complexity index is 333. The van der Waals surface area contributed by atoms with Gasteiger partial charge in [0.15, 0.2) is 5.16 Å². The topological polar surface area (TPSA) is 59.9 Å². The Morgan fingerprint density at radius 3 is 2.62 bits per heavy atom. The summed E-state index contributed by atoms with van der Waals surface area (Å²) in [7, 11) is 1.78. The molecule has 0 aliphatic heterocycles. The lowest BCUT2D eigenvalue weighted by Gasteiger charge is -2.08. The number of nitrogens with zero attached hydrogens (tertiary/aromatic N) is 3.